The first-order chi connectivity index (χ1) is 13.0. The van der Waals surface area contributed by atoms with E-state index in [4.69, 9.17) is 4.42 Å². The molecule has 0 atom stereocenters. The second-order valence-electron chi connectivity index (χ2n) is 7.25. The van der Waals surface area contributed by atoms with Crippen LogP contribution in [0.4, 0.5) is 4.39 Å². The Balaban J connectivity index is 1.43. The highest BCUT2D eigenvalue weighted by Crippen LogP contribution is 2.27. The van der Waals surface area contributed by atoms with Crippen molar-refractivity contribution in [1.29, 1.82) is 0 Å². The van der Waals surface area contributed by atoms with E-state index in [9.17, 15) is 9.18 Å². The fourth-order valence-corrected chi connectivity index (χ4v) is 3.68. The number of hydrogen-bond donors (Lipinski definition) is 0. The first kappa shape index (κ1) is 17.7. The third-order valence-electron chi connectivity index (χ3n) is 5.24. The van der Waals surface area contributed by atoms with E-state index < -0.39 is 0 Å². The lowest BCUT2D eigenvalue weighted by molar-refractivity contribution is 0.0599. The molecule has 140 valence electrons. The summed E-state index contributed by atoms with van der Waals surface area (Å²) >= 11 is 0. The van der Waals surface area contributed by atoms with Crippen LogP contribution in [0, 0.1) is 19.7 Å². The van der Waals surface area contributed by atoms with Crippen LogP contribution in [0.2, 0.25) is 0 Å². The van der Waals surface area contributed by atoms with Gasteiger partial charge in [-0.15, -0.1) is 0 Å². The van der Waals surface area contributed by atoms with Gasteiger partial charge >= 0.3 is 0 Å². The maximum Gasteiger partial charge on any atom is 0.289 e. The quantitative estimate of drug-likeness (QED) is 0.699. The molecule has 5 heteroatoms. The molecule has 1 aromatic heterocycles. The number of benzene rings is 2. The van der Waals surface area contributed by atoms with Crippen molar-refractivity contribution in [3.63, 3.8) is 0 Å². The average Bonchev–Trinajstić information content (AvgIpc) is 2.98. The molecule has 0 aliphatic carbocycles. The molecule has 2 aromatic carbocycles. The van der Waals surface area contributed by atoms with E-state index in [0.717, 1.165) is 40.7 Å². The van der Waals surface area contributed by atoms with Gasteiger partial charge in [-0.25, -0.2) is 4.39 Å². The Labute approximate surface area is 158 Å². The summed E-state index contributed by atoms with van der Waals surface area (Å²) in [6, 6.07) is 12.7. The number of fused-ring (bicyclic) bond motifs is 1. The fraction of sp³-hybridized carbons (Fsp3) is 0.318. The largest absolute Gasteiger partial charge is 0.451 e. The molecule has 4 nitrogen and oxygen atoms in total. The Morgan fingerprint density at radius 1 is 1.07 bits per heavy atom. The number of rotatable bonds is 3. The van der Waals surface area contributed by atoms with Crippen LogP contribution in [0.1, 0.15) is 27.2 Å². The van der Waals surface area contributed by atoms with Gasteiger partial charge in [-0.3, -0.25) is 9.69 Å². The van der Waals surface area contributed by atoms with E-state index in [2.05, 4.69) is 11.0 Å². The van der Waals surface area contributed by atoms with Gasteiger partial charge < -0.3 is 9.32 Å². The van der Waals surface area contributed by atoms with Crippen LogP contribution in [0.15, 0.2) is 46.9 Å². The summed E-state index contributed by atoms with van der Waals surface area (Å²) in [6.07, 6.45) is 0. The highest BCUT2D eigenvalue weighted by molar-refractivity contribution is 5.99. The molecular formula is C22H23FN2O2. The highest BCUT2D eigenvalue weighted by Gasteiger charge is 2.26. The Kier molecular flexibility index (Phi) is 4.70. The SMILES string of the molecule is Cc1ccc2oc(C(=O)N3CCN(Cc4cccc(F)c4)CC3)c(C)c2c1. The van der Waals surface area contributed by atoms with Crippen molar-refractivity contribution >= 4 is 16.9 Å². The van der Waals surface area contributed by atoms with E-state index in [-0.39, 0.29) is 11.7 Å². The van der Waals surface area contributed by atoms with E-state index in [1.807, 2.05) is 36.9 Å². The van der Waals surface area contributed by atoms with Crippen molar-refractivity contribution in [3.8, 4) is 0 Å². The molecule has 3 aromatic rings. The lowest BCUT2D eigenvalue weighted by Gasteiger charge is -2.34. The van der Waals surface area contributed by atoms with Gasteiger partial charge in [0.2, 0.25) is 0 Å². The van der Waals surface area contributed by atoms with Crippen LogP contribution >= 0.6 is 0 Å². The number of nitrogens with zero attached hydrogens (tertiary/aromatic N) is 2. The minimum absolute atomic E-state index is 0.0493. The van der Waals surface area contributed by atoms with Gasteiger partial charge in [-0.05, 0) is 43.7 Å². The van der Waals surface area contributed by atoms with Crippen molar-refractivity contribution < 1.29 is 13.6 Å². The van der Waals surface area contributed by atoms with Crippen LogP contribution in [0.25, 0.3) is 11.0 Å². The number of furan rings is 1. The molecule has 1 aliphatic rings. The maximum absolute atomic E-state index is 13.3. The molecule has 0 bridgehead atoms. The molecule has 0 N–H and O–H groups in total. The molecule has 0 radical (unpaired) electrons. The molecule has 4 rings (SSSR count). The number of carbonyl (C=O) groups excluding carboxylic acids is 1. The first-order valence-electron chi connectivity index (χ1n) is 9.27. The Morgan fingerprint density at radius 2 is 1.85 bits per heavy atom. The van der Waals surface area contributed by atoms with Gasteiger partial charge in [0.05, 0.1) is 0 Å². The number of halogens is 1. The zero-order valence-corrected chi connectivity index (χ0v) is 15.7. The van der Waals surface area contributed by atoms with E-state index in [1.165, 1.54) is 6.07 Å². The second kappa shape index (κ2) is 7.16. The van der Waals surface area contributed by atoms with E-state index >= 15 is 0 Å². The highest BCUT2D eigenvalue weighted by atomic mass is 19.1. The van der Waals surface area contributed by atoms with Crippen LogP contribution in [0.3, 0.4) is 0 Å². The summed E-state index contributed by atoms with van der Waals surface area (Å²) in [7, 11) is 0. The Hall–Kier alpha value is -2.66. The van der Waals surface area contributed by atoms with E-state index in [1.54, 1.807) is 12.1 Å². The van der Waals surface area contributed by atoms with Gasteiger partial charge in [-0.2, -0.15) is 0 Å². The van der Waals surface area contributed by atoms with Crippen LogP contribution < -0.4 is 0 Å². The molecular weight excluding hydrogens is 343 g/mol. The summed E-state index contributed by atoms with van der Waals surface area (Å²) < 4.78 is 19.2. The zero-order chi connectivity index (χ0) is 19.0. The standard InChI is InChI=1S/C22H23FN2O2/c1-15-6-7-20-19(12-15)16(2)21(27-20)22(26)25-10-8-24(9-11-25)14-17-4-3-5-18(23)13-17/h3-7,12-13H,8-11,14H2,1-2H3. The van der Waals surface area contributed by atoms with Gasteiger partial charge in [0.15, 0.2) is 5.76 Å². The Morgan fingerprint density at radius 3 is 2.59 bits per heavy atom. The summed E-state index contributed by atoms with van der Waals surface area (Å²) in [5, 5.41) is 1.00. The number of aryl methyl sites for hydroxylation is 2. The molecule has 2 heterocycles. The predicted molar refractivity (Wildman–Crippen MR) is 103 cm³/mol. The third kappa shape index (κ3) is 3.60. The van der Waals surface area contributed by atoms with Crippen LogP contribution in [0.5, 0.6) is 0 Å². The zero-order valence-electron chi connectivity index (χ0n) is 15.7. The van der Waals surface area contributed by atoms with Gasteiger partial charge in [-0.1, -0.05) is 23.8 Å². The fourth-order valence-electron chi connectivity index (χ4n) is 3.68. The molecule has 0 saturated carbocycles. The molecule has 1 aliphatic heterocycles. The number of amides is 1. The van der Waals surface area contributed by atoms with E-state index in [0.29, 0.717) is 25.4 Å². The number of hydrogen-bond acceptors (Lipinski definition) is 3. The molecule has 1 saturated heterocycles. The van der Waals surface area contributed by atoms with Crippen molar-refractivity contribution in [2.75, 3.05) is 26.2 Å². The third-order valence-corrected chi connectivity index (χ3v) is 5.24. The summed E-state index contributed by atoms with van der Waals surface area (Å²) in [6.45, 7) is 7.49. The van der Waals surface area contributed by atoms with Crippen LogP contribution in [-0.4, -0.2) is 41.9 Å². The number of piperazine rings is 1. The predicted octanol–water partition coefficient (Wildman–Crippen LogP) is 4.15. The average molecular weight is 366 g/mol. The monoisotopic (exact) mass is 366 g/mol. The normalized spacial score (nSPS) is 15.4. The molecule has 1 amide bonds. The smallest absolute Gasteiger partial charge is 0.289 e. The molecule has 0 spiro atoms. The lowest BCUT2D eigenvalue weighted by Crippen LogP contribution is -2.48. The molecule has 1 fully saturated rings. The Bertz CT molecular complexity index is 987. The minimum Gasteiger partial charge on any atom is -0.451 e. The van der Waals surface area contributed by atoms with Crippen molar-refractivity contribution in [2.24, 2.45) is 0 Å². The maximum atomic E-state index is 13.3. The molecule has 0 unspecified atom stereocenters. The minimum atomic E-state index is -0.211. The lowest BCUT2D eigenvalue weighted by atomic mass is 10.1. The summed E-state index contributed by atoms with van der Waals surface area (Å²) in [5.41, 5.74) is 3.77. The van der Waals surface area contributed by atoms with Crippen molar-refractivity contribution in [1.82, 2.24) is 9.80 Å². The summed E-state index contributed by atoms with van der Waals surface area (Å²) in [4.78, 5) is 17.0. The second-order valence-corrected chi connectivity index (χ2v) is 7.25. The van der Waals surface area contributed by atoms with Crippen molar-refractivity contribution in [2.45, 2.75) is 20.4 Å². The number of carbonyl (C=O) groups is 1. The summed E-state index contributed by atoms with van der Waals surface area (Å²) in [5.74, 6) is 0.179. The van der Waals surface area contributed by atoms with Gasteiger partial charge in [0.25, 0.3) is 5.91 Å². The molecule has 27 heavy (non-hydrogen) atoms. The van der Waals surface area contributed by atoms with Crippen molar-refractivity contribution in [3.05, 3.63) is 70.7 Å². The van der Waals surface area contributed by atoms with Crippen LogP contribution in [-0.2, 0) is 6.54 Å². The topological polar surface area (TPSA) is 36.7 Å². The first-order valence-corrected chi connectivity index (χ1v) is 9.27. The van der Waals surface area contributed by atoms with Gasteiger partial charge in [0.1, 0.15) is 11.4 Å². The van der Waals surface area contributed by atoms with Gasteiger partial charge in [0, 0.05) is 43.7 Å².